The van der Waals surface area contributed by atoms with Gasteiger partial charge in [-0.25, -0.2) is 17.1 Å². The lowest BCUT2D eigenvalue weighted by Gasteiger charge is -2.36. The van der Waals surface area contributed by atoms with Crippen LogP contribution in [0.15, 0.2) is 24.3 Å². The van der Waals surface area contributed by atoms with Crippen LogP contribution < -0.4 is 4.90 Å². The number of sulfonamides is 1. The average Bonchev–Trinajstić information content (AvgIpc) is 2.53. The molecule has 23 heavy (non-hydrogen) atoms. The van der Waals surface area contributed by atoms with Crippen LogP contribution in [0.4, 0.5) is 10.1 Å². The normalized spacial score (nSPS) is 16.0. The van der Waals surface area contributed by atoms with Gasteiger partial charge in [0.15, 0.2) is 0 Å². The Kier molecular flexibility index (Phi) is 5.59. The number of carbonyl (C=O) groups excluding carboxylic acids is 1. The molecule has 2 rings (SSSR count). The zero-order chi connectivity index (χ0) is 17.0. The van der Waals surface area contributed by atoms with Gasteiger partial charge in [0.25, 0.3) is 0 Å². The molecule has 0 spiro atoms. The number of rotatable bonds is 5. The van der Waals surface area contributed by atoms with Gasteiger partial charge in [0, 0.05) is 52.4 Å². The third kappa shape index (κ3) is 4.65. The Bertz CT molecular complexity index is 638. The Morgan fingerprint density at radius 3 is 2.22 bits per heavy atom. The first-order valence-corrected chi connectivity index (χ1v) is 9.09. The zero-order valence-corrected chi connectivity index (χ0v) is 14.2. The topological polar surface area (TPSA) is 60.9 Å². The maximum atomic E-state index is 12.9. The minimum Gasteiger partial charge on any atom is -0.368 e. The number of piperazine rings is 1. The van der Waals surface area contributed by atoms with E-state index in [9.17, 15) is 17.6 Å². The van der Waals surface area contributed by atoms with Crippen LogP contribution >= 0.6 is 0 Å². The van der Waals surface area contributed by atoms with Crippen LogP contribution in [-0.2, 0) is 14.8 Å². The van der Waals surface area contributed by atoms with Gasteiger partial charge in [0.2, 0.25) is 15.9 Å². The van der Waals surface area contributed by atoms with E-state index in [1.165, 1.54) is 26.2 Å². The van der Waals surface area contributed by atoms with Crippen molar-refractivity contribution in [3.05, 3.63) is 30.1 Å². The Morgan fingerprint density at radius 2 is 1.70 bits per heavy atom. The molecule has 1 aromatic carbocycles. The zero-order valence-electron chi connectivity index (χ0n) is 13.4. The van der Waals surface area contributed by atoms with Crippen molar-refractivity contribution in [2.24, 2.45) is 0 Å². The minimum absolute atomic E-state index is 0.00292. The number of amides is 1. The number of hydrogen-bond acceptors (Lipinski definition) is 4. The molecule has 0 aromatic heterocycles. The molecule has 8 heteroatoms. The predicted molar refractivity (Wildman–Crippen MR) is 87.3 cm³/mol. The maximum absolute atomic E-state index is 12.9. The molecule has 0 saturated carbocycles. The standard InChI is InChI=1S/C15H22FN3O3S/c1-17(2)23(21,22)12-7-15(20)19-10-8-18(9-11-19)14-5-3-13(16)4-6-14/h3-6H,7-12H2,1-2H3. The van der Waals surface area contributed by atoms with Gasteiger partial charge in [0.1, 0.15) is 5.82 Å². The van der Waals surface area contributed by atoms with Gasteiger partial charge in [-0.2, -0.15) is 0 Å². The van der Waals surface area contributed by atoms with Crippen molar-refractivity contribution in [3.8, 4) is 0 Å². The lowest BCUT2D eigenvalue weighted by Crippen LogP contribution is -2.49. The molecule has 128 valence electrons. The number of halogens is 1. The van der Waals surface area contributed by atoms with Crippen LogP contribution in [0.2, 0.25) is 0 Å². The van der Waals surface area contributed by atoms with Gasteiger partial charge in [-0.1, -0.05) is 0 Å². The Labute approximate surface area is 136 Å². The van der Waals surface area contributed by atoms with E-state index >= 15 is 0 Å². The van der Waals surface area contributed by atoms with Gasteiger partial charge < -0.3 is 9.80 Å². The summed E-state index contributed by atoms with van der Waals surface area (Å²) < 4.78 is 37.5. The summed E-state index contributed by atoms with van der Waals surface area (Å²) in [5, 5.41) is 0. The highest BCUT2D eigenvalue weighted by atomic mass is 32.2. The monoisotopic (exact) mass is 343 g/mol. The Hall–Kier alpha value is -1.67. The first-order chi connectivity index (χ1) is 10.8. The number of benzene rings is 1. The molecule has 1 aliphatic heterocycles. The van der Waals surface area contributed by atoms with E-state index in [1.54, 1.807) is 17.0 Å². The highest BCUT2D eigenvalue weighted by molar-refractivity contribution is 7.89. The van der Waals surface area contributed by atoms with E-state index in [1.807, 2.05) is 0 Å². The quantitative estimate of drug-likeness (QED) is 0.792. The van der Waals surface area contributed by atoms with Gasteiger partial charge in [-0.05, 0) is 24.3 Å². The summed E-state index contributed by atoms with van der Waals surface area (Å²) in [7, 11) is -0.431. The van der Waals surface area contributed by atoms with Gasteiger partial charge >= 0.3 is 0 Å². The third-order valence-corrected chi connectivity index (χ3v) is 5.79. The summed E-state index contributed by atoms with van der Waals surface area (Å²) in [6.45, 7) is 2.38. The van der Waals surface area contributed by atoms with E-state index in [0.29, 0.717) is 26.2 Å². The molecule has 6 nitrogen and oxygen atoms in total. The van der Waals surface area contributed by atoms with Gasteiger partial charge in [-0.15, -0.1) is 0 Å². The largest absolute Gasteiger partial charge is 0.368 e. The van der Waals surface area contributed by atoms with Crippen molar-refractivity contribution in [1.82, 2.24) is 9.21 Å². The Balaban J connectivity index is 1.84. The lowest BCUT2D eigenvalue weighted by molar-refractivity contribution is -0.131. The van der Waals surface area contributed by atoms with Gasteiger partial charge in [-0.3, -0.25) is 4.79 Å². The van der Waals surface area contributed by atoms with Crippen LogP contribution in [0.3, 0.4) is 0 Å². The molecule has 0 atom stereocenters. The van der Waals surface area contributed by atoms with Crippen molar-refractivity contribution in [2.45, 2.75) is 6.42 Å². The second-order valence-corrected chi connectivity index (χ2v) is 8.00. The number of nitrogens with zero attached hydrogens (tertiary/aromatic N) is 3. The van der Waals surface area contributed by atoms with E-state index in [-0.39, 0.29) is 23.9 Å². The first kappa shape index (κ1) is 17.7. The number of carbonyl (C=O) groups is 1. The fourth-order valence-corrected chi connectivity index (χ4v) is 3.22. The van der Waals surface area contributed by atoms with Crippen molar-refractivity contribution < 1.29 is 17.6 Å². The molecule has 1 saturated heterocycles. The van der Waals surface area contributed by atoms with E-state index in [2.05, 4.69) is 4.90 Å². The lowest BCUT2D eigenvalue weighted by atomic mass is 10.2. The Morgan fingerprint density at radius 1 is 1.13 bits per heavy atom. The second kappa shape index (κ2) is 7.27. The minimum atomic E-state index is -3.35. The molecule has 0 aliphatic carbocycles. The summed E-state index contributed by atoms with van der Waals surface area (Å²) >= 11 is 0. The summed E-state index contributed by atoms with van der Waals surface area (Å²) in [5.41, 5.74) is 0.925. The van der Waals surface area contributed by atoms with Crippen LogP contribution in [0.5, 0.6) is 0 Å². The van der Waals surface area contributed by atoms with Crippen molar-refractivity contribution in [2.75, 3.05) is 50.9 Å². The molecule has 1 fully saturated rings. The number of anilines is 1. The van der Waals surface area contributed by atoms with Gasteiger partial charge in [0.05, 0.1) is 5.75 Å². The summed E-state index contributed by atoms with van der Waals surface area (Å²) in [6, 6.07) is 6.27. The molecule has 1 heterocycles. The fourth-order valence-electron chi connectivity index (χ4n) is 2.42. The highest BCUT2D eigenvalue weighted by Gasteiger charge is 2.23. The van der Waals surface area contributed by atoms with E-state index < -0.39 is 10.0 Å². The molecule has 1 amide bonds. The average molecular weight is 343 g/mol. The maximum Gasteiger partial charge on any atom is 0.223 e. The van der Waals surface area contributed by atoms with Crippen LogP contribution in [0.1, 0.15) is 6.42 Å². The smallest absolute Gasteiger partial charge is 0.223 e. The number of hydrogen-bond donors (Lipinski definition) is 0. The molecule has 0 N–H and O–H groups in total. The molecular formula is C15H22FN3O3S. The van der Waals surface area contributed by atoms with E-state index in [0.717, 1.165) is 9.99 Å². The van der Waals surface area contributed by atoms with Crippen molar-refractivity contribution in [1.29, 1.82) is 0 Å². The third-order valence-electron chi connectivity index (χ3n) is 3.95. The predicted octanol–water partition coefficient (Wildman–Crippen LogP) is 0.756. The van der Waals surface area contributed by atoms with Crippen LogP contribution in [-0.4, -0.2) is 69.6 Å². The SMILES string of the molecule is CN(C)S(=O)(=O)CCC(=O)N1CCN(c2ccc(F)cc2)CC1. The molecule has 0 bridgehead atoms. The van der Waals surface area contributed by atoms with Crippen molar-refractivity contribution >= 4 is 21.6 Å². The summed E-state index contributed by atoms with van der Waals surface area (Å²) in [4.78, 5) is 15.9. The highest BCUT2D eigenvalue weighted by Crippen LogP contribution is 2.17. The van der Waals surface area contributed by atoms with Crippen LogP contribution in [0.25, 0.3) is 0 Å². The molecular weight excluding hydrogens is 321 g/mol. The summed E-state index contributed by atoms with van der Waals surface area (Å²) in [5.74, 6) is -0.587. The molecule has 1 aliphatic rings. The fraction of sp³-hybridized carbons (Fsp3) is 0.533. The molecule has 0 radical (unpaired) electrons. The molecule has 0 unspecified atom stereocenters. The second-order valence-electron chi connectivity index (χ2n) is 5.69. The molecule has 1 aromatic rings. The van der Waals surface area contributed by atoms with Crippen molar-refractivity contribution in [3.63, 3.8) is 0 Å². The first-order valence-electron chi connectivity index (χ1n) is 7.48. The van der Waals surface area contributed by atoms with Crippen LogP contribution in [0, 0.1) is 5.82 Å². The van der Waals surface area contributed by atoms with E-state index in [4.69, 9.17) is 0 Å². The summed E-state index contributed by atoms with van der Waals surface area (Å²) in [6.07, 6.45) is -0.00292.